The molecule has 6 heteroatoms. The summed E-state index contributed by atoms with van der Waals surface area (Å²) in [6.45, 7) is 7.04. The number of nitrogens with zero attached hydrogens (tertiary/aromatic N) is 1. The largest absolute Gasteiger partial charge is 0.494 e. The highest BCUT2D eigenvalue weighted by Crippen LogP contribution is 2.15. The minimum absolute atomic E-state index is 0. The molecule has 5 nitrogen and oxygen atoms in total. The number of carbonyl (C=O) groups excluding carboxylic acids is 2. The van der Waals surface area contributed by atoms with Crippen LogP contribution >= 0.6 is 12.4 Å². The number of rotatable bonds is 7. The number of nitrogens with one attached hydrogen (secondary N) is 1. The molecule has 1 aromatic carbocycles. The maximum absolute atomic E-state index is 12.2. The molecule has 0 aliphatic carbocycles. The SMILES string of the molecule is CCCOc1ccc(C(=O)CCC(=O)N2CCNC(C)C2)cc1.Cl. The first-order chi connectivity index (χ1) is 11.1. The summed E-state index contributed by atoms with van der Waals surface area (Å²) in [6, 6.07) is 7.47. The van der Waals surface area contributed by atoms with Gasteiger partial charge >= 0.3 is 0 Å². The van der Waals surface area contributed by atoms with Gasteiger partial charge in [0.05, 0.1) is 6.61 Å². The molecule has 1 N–H and O–H groups in total. The molecule has 2 rings (SSSR count). The number of carbonyl (C=O) groups is 2. The summed E-state index contributed by atoms with van der Waals surface area (Å²) < 4.78 is 5.50. The fraction of sp³-hybridized carbons (Fsp3) is 0.556. The van der Waals surface area contributed by atoms with E-state index in [4.69, 9.17) is 4.74 Å². The Morgan fingerprint density at radius 3 is 2.58 bits per heavy atom. The standard InChI is InChI=1S/C18H26N2O3.ClH/c1-3-12-23-16-6-4-15(5-7-16)17(21)8-9-18(22)20-11-10-19-14(2)13-20;/h4-7,14,19H,3,8-13H2,1-2H3;1H. The molecule has 1 fully saturated rings. The van der Waals surface area contributed by atoms with E-state index in [0.29, 0.717) is 18.2 Å². The minimum atomic E-state index is 0. The monoisotopic (exact) mass is 354 g/mol. The molecule has 0 spiro atoms. The summed E-state index contributed by atoms with van der Waals surface area (Å²) in [5.41, 5.74) is 0.635. The van der Waals surface area contributed by atoms with Crippen LogP contribution in [0.1, 0.15) is 43.5 Å². The second kappa shape index (κ2) is 10.3. The van der Waals surface area contributed by atoms with E-state index in [1.807, 2.05) is 24.0 Å². The Morgan fingerprint density at radius 2 is 1.96 bits per heavy atom. The summed E-state index contributed by atoms with van der Waals surface area (Å²) in [6.07, 6.45) is 1.49. The highest BCUT2D eigenvalue weighted by molar-refractivity contribution is 5.98. The molecular formula is C18H27ClN2O3. The second-order valence-electron chi connectivity index (χ2n) is 5.99. The maximum Gasteiger partial charge on any atom is 0.223 e. The van der Waals surface area contributed by atoms with Gasteiger partial charge in [-0.05, 0) is 37.6 Å². The zero-order chi connectivity index (χ0) is 16.7. The third kappa shape index (κ3) is 6.13. The predicted octanol–water partition coefficient (Wildman–Crippen LogP) is 2.68. The Morgan fingerprint density at radius 1 is 1.25 bits per heavy atom. The number of benzene rings is 1. The summed E-state index contributed by atoms with van der Waals surface area (Å²) in [5.74, 6) is 0.840. The van der Waals surface area contributed by atoms with Crippen molar-refractivity contribution in [1.82, 2.24) is 10.2 Å². The lowest BCUT2D eigenvalue weighted by atomic mass is 10.1. The average Bonchev–Trinajstić information content (AvgIpc) is 2.58. The van der Waals surface area contributed by atoms with Crippen molar-refractivity contribution in [3.63, 3.8) is 0 Å². The Hall–Kier alpha value is -1.59. The van der Waals surface area contributed by atoms with Crippen molar-refractivity contribution in [2.75, 3.05) is 26.2 Å². The van der Waals surface area contributed by atoms with Crippen LogP contribution in [0.25, 0.3) is 0 Å². The number of hydrogen-bond donors (Lipinski definition) is 1. The number of halogens is 1. The van der Waals surface area contributed by atoms with E-state index >= 15 is 0 Å². The van der Waals surface area contributed by atoms with Crippen molar-refractivity contribution in [2.24, 2.45) is 0 Å². The molecule has 0 bridgehead atoms. The van der Waals surface area contributed by atoms with Gasteiger partial charge in [0.2, 0.25) is 5.91 Å². The van der Waals surface area contributed by atoms with E-state index in [1.165, 1.54) is 0 Å². The lowest BCUT2D eigenvalue weighted by Crippen LogP contribution is -2.51. The fourth-order valence-corrected chi connectivity index (χ4v) is 2.64. The van der Waals surface area contributed by atoms with Crippen LogP contribution in [-0.4, -0.2) is 48.9 Å². The number of amides is 1. The molecular weight excluding hydrogens is 328 g/mol. The van der Waals surface area contributed by atoms with Gasteiger partial charge in [0.1, 0.15) is 5.75 Å². The molecule has 0 saturated carbocycles. The lowest BCUT2D eigenvalue weighted by Gasteiger charge is -2.31. The van der Waals surface area contributed by atoms with E-state index in [0.717, 1.165) is 31.8 Å². The van der Waals surface area contributed by atoms with Crippen molar-refractivity contribution in [3.8, 4) is 5.75 Å². The Balaban J connectivity index is 0.00000288. The van der Waals surface area contributed by atoms with Crippen LogP contribution in [0.2, 0.25) is 0 Å². The first-order valence-corrected chi connectivity index (χ1v) is 8.37. The smallest absolute Gasteiger partial charge is 0.223 e. The van der Waals surface area contributed by atoms with E-state index in [9.17, 15) is 9.59 Å². The molecule has 1 amide bonds. The van der Waals surface area contributed by atoms with Crippen LogP contribution < -0.4 is 10.1 Å². The van der Waals surface area contributed by atoms with Crippen molar-refractivity contribution in [1.29, 1.82) is 0 Å². The van der Waals surface area contributed by atoms with Gasteiger partial charge < -0.3 is 15.0 Å². The summed E-state index contributed by atoms with van der Waals surface area (Å²) in [4.78, 5) is 26.2. The number of piperazine rings is 1. The average molecular weight is 355 g/mol. The molecule has 1 unspecified atom stereocenters. The Bertz CT molecular complexity index is 534. The number of ketones is 1. The maximum atomic E-state index is 12.2. The molecule has 1 aromatic rings. The quantitative estimate of drug-likeness (QED) is 0.765. The number of hydrogen-bond acceptors (Lipinski definition) is 4. The first-order valence-electron chi connectivity index (χ1n) is 8.37. The fourth-order valence-electron chi connectivity index (χ4n) is 2.64. The van der Waals surface area contributed by atoms with Crippen molar-refractivity contribution in [2.45, 2.75) is 39.2 Å². The van der Waals surface area contributed by atoms with Gasteiger partial charge in [-0.15, -0.1) is 12.4 Å². The molecule has 24 heavy (non-hydrogen) atoms. The summed E-state index contributed by atoms with van der Waals surface area (Å²) >= 11 is 0. The van der Waals surface area contributed by atoms with E-state index in [2.05, 4.69) is 12.2 Å². The van der Waals surface area contributed by atoms with Crippen molar-refractivity contribution < 1.29 is 14.3 Å². The molecule has 1 atom stereocenters. The van der Waals surface area contributed by atoms with E-state index in [-0.39, 0.29) is 36.9 Å². The number of Topliss-reactive ketones (excluding diaryl/α,β-unsaturated/α-hetero) is 1. The van der Waals surface area contributed by atoms with Gasteiger partial charge in [-0.25, -0.2) is 0 Å². The second-order valence-corrected chi connectivity index (χ2v) is 5.99. The Labute approximate surface area is 150 Å². The molecule has 1 aliphatic rings. The summed E-state index contributed by atoms with van der Waals surface area (Å²) in [7, 11) is 0. The molecule has 1 saturated heterocycles. The van der Waals surface area contributed by atoms with Crippen LogP contribution in [0.15, 0.2) is 24.3 Å². The van der Waals surface area contributed by atoms with Crippen molar-refractivity contribution in [3.05, 3.63) is 29.8 Å². The zero-order valence-electron chi connectivity index (χ0n) is 14.4. The zero-order valence-corrected chi connectivity index (χ0v) is 15.2. The highest BCUT2D eigenvalue weighted by atomic mass is 35.5. The summed E-state index contributed by atoms with van der Waals surface area (Å²) in [5, 5.41) is 3.30. The van der Waals surface area contributed by atoms with Gasteiger partial charge in [-0.3, -0.25) is 9.59 Å². The molecule has 0 radical (unpaired) electrons. The van der Waals surface area contributed by atoms with Gasteiger partial charge in [0.25, 0.3) is 0 Å². The van der Waals surface area contributed by atoms with Crippen LogP contribution in [0.5, 0.6) is 5.75 Å². The molecule has 1 aliphatic heterocycles. The Kier molecular flexibility index (Phi) is 8.79. The molecule has 1 heterocycles. The lowest BCUT2D eigenvalue weighted by molar-refractivity contribution is -0.132. The minimum Gasteiger partial charge on any atom is -0.494 e. The molecule has 0 aromatic heterocycles. The van der Waals surface area contributed by atoms with Gasteiger partial charge in [0.15, 0.2) is 5.78 Å². The third-order valence-corrected chi connectivity index (χ3v) is 3.94. The third-order valence-electron chi connectivity index (χ3n) is 3.94. The van der Waals surface area contributed by atoms with Crippen LogP contribution in [0.3, 0.4) is 0 Å². The van der Waals surface area contributed by atoms with Gasteiger partial charge in [-0.2, -0.15) is 0 Å². The van der Waals surface area contributed by atoms with Gasteiger partial charge in [0, 0.05) is 44.1 Å². The van der Waals surface area contributed by atoms with Crippen LogP contribution in [0.4, 0.5) is 0 Å². The molecule has 134 valence electrons. The predicted molar refractivity (Wildman–Crippen MR) is 97.1 cm³/mol. The van der Waals surface area contributed by atoms with Crippen LogP contribution in [0, 0.1) is 0 Å². The van der Waals surface area contributed by atoms with E-state index in [1.54, 1.807) is 12.1 Å². The van der Waals surface area contributed by atoms with Crippen LogP contribution in [-0.2, 0) is 4.79 Å². The first kappa shape index (κ1) is 20.5. The van der Waals surface area contributed by atoms with Gasteiger partial charge in [-0.1, -0.05) is 6.92 Å². The normalized spacial score (nSPS) is 17.1. The number of ether oxygens (including phenoxy) is 1. The highest BCUT2D eigenvalue weighted by Gasteiger charge is 2.21. The topological polar surface area (TPSA) is 58.6 Å². The van der Waals surface area contributed by atoms with Crippen molar-refractivity contribution >= 4 is 24.1 Å². The van der Waals surface area contributed by atoms with E-state index < -0.39 is 0 Å².